The highest BCUT2D eigenvalue weighted by molar-refractivity contribution is 5.35. The molecule has 0 radical (unpaired) electrons. The molecule has 0 bridgehead atoms. The third-order valence-corrected chi connectivity index (χ3v) is 2.60. The van der Waals surface area contributed by atoms with Gasteiger partial charge in [0, 0.05) is 18.7 Å². The van der Waals surface area contributed by atoms with Crippen LogP contribution in [0.3, 0.4) is 0 Å². The van der Waals surface area contributed by atoms with Crippen LogP contribution in [0.5, 0.6) is 5.75 Å². The van der Waals surface area contributed by atoms with E-state index in [2.05, 4.69) is 4.90 Å². The lowest BCUT2D eigenvalue weighted by molar-refractivity contribution is -0.384. The minimum Gasteiger partial charge on any atom is -0.491 e. The number of hydrogen-bond donors (Lipinski definition) is 0. The molecule has 1 rings (SSSR count). The first-order valence-corrected chi connectivity index (χ1v) is 6.77. The maximum Gasteiger partial charge on any atom is 0.269 e. The van der Waals surface area contributed by atoms with E-state index in [0.717, 1.165) is 6.54 Å². The lowest BCUT2D eigenvalue weighted by Crippen LogP contribution is -2.19. The summed E-state index contributed by atoms with van der Waals surface area (Å²) in [5.74, 6) is 0.589. The molecule has 0 aromatic heterocycles. The first kappa shape index (κ1) is 17.4. The van der Waals surface area contributed by atoms with E-state index in [9.17, 15) is 10.1 Å². The molecule has 0 atom stereocenters. The monoisotopic (exact) mass is 298 g/mol. The van der Waals surface area contributed by atoms with Crippen molar-refractivity contribution >= 4 is 5.69 Å². The van der Waals surface area contributed by atoms with Gasteiger partial charge in [-0.1, -0.05) is 0 Å². The van der Waals surface area contributed by atoms with Crippen LogP contribution < -0.4 is 4.74 Å². The molecule has 118 valence electrons. The van der Waals surface area contributed by atoms with E-state index in [0.29, 0.717) is 38.8 Å². The summed E-state index contributed by atoms with van der Waals surface area (Å²) in [4.78, 5) is 12.1. The number of likely N-dealkylation sites (N-methyl/N-ethyl adjacent to an activating group) is 1. The van der Waals surface area contributed by atoms with Gasteiger partial charge in [-0.3, -0.25) is 10.1 Å². The Morgan fingerprint density at radius 3 is 2.14 bits per heavy atom. The summed E-state index contributed by atoms with van der Waals surface area (Å²) in [7, 11) is 3.99. The Labute approximate surface area is 124 Å². The Morgan fingerprint density at radius 1 is 1.00 bits per heavy atom. The standard InChI is InChI=1S/C14H22N2O5/c1-15(2)7-8-19-9-10-20-11-12-21-14-5-3-13(4-6-14)16(17)18/h3-6H,7-12H2,1-2H3. The van der Waals surface area contributed by atoms with E-state index < -0.39 is 4.92 Å². The van der Waals surface area contributed by atoms with Gasteiger partial charge in [-0.15, -0.1) is 0 Å². The molecule has 0 amide bonds. The van der Waals surface area contributed by atoms with Crippen molar-refractivity contribution in [2.45, 2.75) is 0 Å². The van der Waals surface area contributed by atoms with Gasteiger partial charge in [-0.2, -0.15) is 0 Å². The average molecular weight is 298 g/mol. The number of nitro groups is 1. The molecule has 21 heavy (non-hydrogen) atoms. The maximum absolute atomic E-state index is 10.5. The molecule has 0 unspecified atom stereocenters. The molecule has 0 aliphatic carbocycles. The topological polar surface area (TPSA) is 74.1 Å². The Balaban J connectivity index is 2.00. The van der Waals surface area contributed by atoms with E-state index >= 15 is 0 Å². The predicted octanol–water partition coefficient (Wildman–Crippen LogP) is 1.57. The number of nitro benzene ring substituents is 1. The van der Waals surface area contributed by atoms with E-state index in [1.165, 1.54) is 12.1 Å². The normalized spacial score (nSPS) is 10.8. The van der Waals surface area contributed by atoms with Crippen LogP contribution in [0, 0.1) is 10.1 Å². The fourth-order valence-corrected chi connectivity index (χ4v) is 1.45. The van der Waals surface area contributed by atoms with Crippen molar-refractivity contribution in [3.8, 4) is 5.75 Å². The van der Waals surface area contributed by atoms with Gasteiger partial charge in [0.05, 0.1) is 31.4 Å². The van der Waals surface area contributed by atoms with E-state index in [1.54, 1.807) is 12.1 Å². The third-order valence-electron chi connectivity index (χ3n) is 2.60. The molecule has 0 saturated carbocycles. The summed E-state index contributed by atoms with van der Waals surface area (Å²) in [5.41, 5.74) is 0.0495. The Kier molecular flexibility index (Phi) is 8.34. The Morgan fingerprint density at radius 2 is 1.57 bits per heavy atom. The van der Waals surface area contributed by atoms with Gasteiger partial charge < -0.3 is 19.1 Å². The van der Waals surface area contributed by atoms with Crippen LogP contribution >= 0.6 is 0 Å². The van der Waals surface area contributed by atoms with Crippen molar-refractivity contribution in [2.75, 3.05) is 53.7 Å². The molecule has 7 nitrogen and oxygen atoms in total. The zero-order valence-electron chi connectivity index (χ0n) is 12.5. The summed E-state index contributed by atoms with van der Waals surface area (Å²) in [6.07, 6.45) is 0. The van der Waals surface area contributed by atoms with Crippen LogP contribution in [0.1, 0.15) is 0 Å². The third kappa shape index (κ3) is 8.23. The van der Waals surface area contributed by atoms with Crippen LogP contribution in [-0.4, -0.2) is 63.5 Å². The number of rotatable bonds is 11. The highest BCUT2D eigenvalue weighted by Gasteiger charge is 2.03. The zero-order valence-corrected chi connectivity index (χ0v) is 12.5. The first-order chi connectivity index (χ1) is 10.1. The fourth-order valence-electron chi connectivity index (χ4n) is 1.45. The molecule has 0 spiro atoms. The smallest absolute Gasteiger partial charge is 0.269 e. The minimum absolute atomic E-state index is 0.0495. The second kappa shape index (κ2) is 10.1. The van der Waals surface area contributed by atoms with Crippen LogP contribution in [0.4, 0.5) is 5.69 Å². The van der Waals surface area contributed by atoms with Crippen LogP contribution in [-0.2, 0) is 9.47 Å². The second-order valence-corrected chi connectivity index (χ2v) is 4.63. The molecule has 0 heterocycles. The van der Waals surface area contributed by atoms with Crippen molar-refractivity contribution in [2.24, 2.45) is 0 Å². The molecule has 0 aliphatic heterocycles. The quantitative estimate of drug-likeness (QED) is 0.351. The number of nitrogens with zero attached hydrogens (tertiary/aromatic N) is 2. The van der Waals surface area contributed by atoms with Crippen LogP contribution in [0.25, 0.3) is 0 Å². The van der Waals surface area contributed by atoms with Crippen LogP contribution in [0.15, 0.2) is 24.3 Å². The van der Waals surface area contributed by atoms with Gasteiger partial charge >= 0.3 is 0 Å². The highest BCUT2D eigenvalue weighted by Crippen LogP contribution is 2.16. The molecule has 0 fully saturated rings. The molecule has 1 aromatic carbocycles. The fraction of sp³-hybridized carbons (Fsp3) is 0.571. The van der Waals surface area contributed by atoms with Gasteiger partial charge in [0.2, 0.25) is 0 Å². The predicted molar refractivity (Wildman–Crippen MR) is 78.8 cm³/mol. The molecule has 0 saturated heterocycles. The van der Waals surface area contributed by atoms with Gasteiger partial charge in [-0.25, -0.2) is 0 Å². The van der Waals surface area contributed by atoms with Crippen molar-refractivity contribution < 1.29 is 19.1 Å². The number of benzene rings is 1. The summed E-state index contributed by atoms with van der Waals surface area (Å²) in [5, 5.41) is 10.5. The molecule has 0 N–H and O–H groups in total. The summed E-state index contributed by atoms with van der Waals surface area (Å²) in [6, 6.07) is 5.97. The summed E-state index contributed by atoms with van der Waals surface area (Å²) < 4.78 is 16.1. The molecule has 0 aliphatic rings. The lowest BCUT2D eigenvalue weighted by atomic mass is 10.3. The SMILES string of the molecule is CN(C)CCOCCOCCOc1ccc([N+](=O)[O-])cc1. The molecule has 7 heteroatoms. The first-order valence-electron chi connectivity index (χ1n) is 6.77. The largest absolute Gasteiger partial charge is 0.491 e. The van der Waals surface area contributed by atoms with E-state index in [1.807, 2.05) is 14.1 Å². The second-order valence-electron chi connectivity index (χ2n) is 4.63. The van der Waals surface area contributed by atoms with Crippen molar-refractivity contribution in [1.82, 2.24) is 4.90 Å². The van der Waals surface area contributed by atoms with E-state index in [-0.39, 0.29) is 5.69 Å². The minimum atomic E-state index is -0.441. The summed E-state index contributed by atoms with van der Waals surface area (Å²) >= 11 is 0. The maximum atomic E-state index is 10.5. The molecular formula is C14H22N2O5. The Bertz CT molecular complexity index is 408. The van der Waals surface area contributed by atoms with E-state index in [4.69, 9.17) is 14.2 Å². The van der Waals surface area contributed by atoms with Crippen molar-refractivity contribution in [3.63, 3.8) is 0 Å². The zero-order chi connectivity index (χ0) is 15.5. The van der Waals surface area contributed by atoms with Gasteiger partial charge in [0.1, 0.15) is 12.4 Å². The number of ether oxygens (including phenoxy) is 3. The van der Waals surface area contributed by atoms with Gasteiger partial charge in [-0.05, 0) is 26.2 Å². The number of non-ortho nitro benzene ring substituents is 1. The van der Waals surface area contributed by atoms with Gasteiger partial charge in [0.15, 0.2) is 0 Å². The lowest BCUT2D eigenvalue weighted by Gasteiger charge is -2.10. The Hall–Kier alpha value is -1.70. The van der Waals surface area contributed by atoms with Crippen LogP contribution in [0.2, 0.25) is 0 Å². The summed E-state index contributed by atoms with van der Waals surface area (Å²) in [6.45, 7) is 3.52. The highest BCUT2D eigenvalue weighted by atomic mass is 16.6. The average Bonchev–Trinajstić information content (AvgIpc) is 2.45. The number of hydrogen-bond acceptors (Lipinski definition) is 6. The molecular weight excluding hydrogens is 276 g/mol. The molecule has 1 aromatic rings. The van der Waals surface area contributed by atoms with Gasteiger partial charge in [0.25, 0.3) is 5.69 Å². The van der Waals surface area contributed by atoms with Crippen molar-refractivity contribution in [3.05, 3.63) is 34.4 Å². The van der Waals surface area contributed by atoms with Crippen molar-refractivity contribution in [1.29, 1.82) is 0 Å².